The highest BCUT2D eigenvalue weighted by Crippen LogP contribution is 2.26. The summed E-state index contributed by atoms with van der Waals surface area (Å²) in [7, 11) is 0. The van der Waals surface area contributed by atoms with Gasteiger partial charge >= 0.3 is 5.97 Å². The summed E-state index contributed by atoms with van der Waals surface area (Å²) in [5.41, 5.74) is 1.82. The van der Waals surface area contributed by atoms with E-state index in [0.29, 0.717) is 30.0 Å². The van der Waals surface area contributed by atoms with Crippen molar-refractivity contribution in [3.63, 3.8) is 0 Å². The van der Waals surface area contributed by atoms with Gasteiger partial charge in [0.25, 0.3) is 0 Å². The molecule has 0 aromatic heterocycles. The molecule has 1 rings (SSSR count). The molecule has 0 atom stereocenters. The van der Waals surface area contributed by atoms with Crippen LogP contribution in [0, 0.1) is 0 Å². The summed E-state index contributed by atoms with van der Waals surface area (Å²) in [6, 6.07) is 7.39. The van der Waals surface area contributed by atoms with Gasteiger partial charge in [0.15, 0.2) is 0 Å². The monoisotopic (exact) mass is 353 g/mol. The molecule has 0 fully saturated rings. The van der Waals surface area contributed by atoms with Gasteiger partial charge in [-0.1, -0.05) is 28.9 Å². The van der Waals surface area contributed by atoms with Gasteiger partial charge in [0, 0.05) is 22.8 Å². The molecule has 1 aromatic rings. The Hall–Kier alpha value is -1.62. The molecule has 0 radical (unpaired) electrons. The molecule has 0 spiro atoms. The minimum atomic E-state index is -0.376. The first kappa shape index (κ1) is 17.4. The largest absolute Gasteiger partial charge is 0.463 e. The predicted octanol–water partition coefficient (Wildman–Crippen LogP) is 4.05. The molecule has 21 heavy (non-hydrogen) atoms. The molecule has 1 aromatic carbocycles. The van der Waals surface area contributed by atoms with E-state index in [4.69, 9.17) is 4.74 Å². The average molecular weight is 354 g/mol. The molecule has 0 aliphatic rings. The van der Waals surface area contributed by atoms with Crippen LogP contribution in [0.25, 0.3) is 0 Å². The van der Waals surface area contributed by atoms with Gasteiger partial charge in [0.05, 0.1) is 12.2 Å². The molecular weight excluding hydrogens is 334 g/mol. The maximum atomic E-state index is 12.0. The van der Waals surface area contributed by atoms with E-state index < -0.39 is 0 Å². The van der Waals surface area contributed by atoms with Crippen molar-refractivity contribution in [2.24, 2.45) is 0 Å². The zero-order valence-corrected chi connectivity index (χ0v) is 14.4. The Morgan fingerprint density at radius 3 is 2.38 bits per heavy atom. The van der Waals surface area contributed by atoms with Crippen LogP contribution in [0.15, 0.2) is 40.0 Å². The van der Waals surface area contributed by atoms with Crippen molar-refractivity contribution >= 4 is 33.5 Å². The lowest BCUT2D eigenvalue weighted by molar-refractivity contribution is -0.138. The number of carbonyl (C=O) groups is 2. The van der Waals surface area contributed by atoms with Gasteiger partial charge in [0.1, 0.15) is 0 Å². The van der Waals surface area contributed by atoms with Crippen LogP contribution >= 0.6 is 15.9 Å². The van der Waals surface area contributed by atoms with Crippen LogP contribution in [0.1, 0.15) is 34.1 Å². The number of ether oxygens (including phenoxy) is 1. The number of allylic oxidation sites excluding steroid dienone is 1. The second kappa shape index (κ2) is 7.98. The smallest absolute Gasteiger partial charge is 0.335 e. The van der Waals surface area contributed by atoms with Crippen molar-refractivity contribution in [3.05, 3.63) is 40.0 Å². The third kappa shape index (κ3) is 4.43. The Morgan fingerprint density at radius 1 is 1.24 bits per heavy atom. The van der Waals surface area contributed by atoms with E-state index in [1.165, 1.54) is 11.8 Å². The Labute approximate surface area is 133 Å². The van der Waals surface area contributed by atoms with Gasteiger partial charge in [-0.15, -0.1) is 0 Å². The zero-order chi connectivity index (χ0) is 16.0. The van der Waals surface area contributed by atoms with Crippen molar-refractivity contribution in [1.29, 1.82) is 0 Å². The number of hydrogen-bond acceptors (Lipinski definition) is 3. The van der Waals surface area contributed by atoms with Gasteiger partial charge in [0.2, 0.25) is 5.91 Å². The molecule has 0 N–H and O–H groups in total. The number of amides is 1. The highest BCUT2D eigenvalue weighted by atomic mass is 79.9. The van der Waals surface area contributed by atoms with E-state index in [1.807, 2.05) is 31.2 Å². The second-order valence-corrected chi connectivity index (χ2v) is 5.39. The van der Waals surface area contributed by atoms with E-state index in [0.717, 1.165) is 4.47 Å². The number of halogens is 1. The maximum absolute atomic E-state index is 12.0. The lowest BCUT2D eigenvalue weighted by Crippen LogP contribution is -2.29. The Morgan fingerprint density at radius 2 is 1.90 bits per heavy atom. The van der Waals surface area contributed by atoms with Crippen LogP contribution in [0.2, 0.25) is 0 Å². The average Bonchev–Trinajstić information content (AvgIpc) is 2.39. The van der Waals surface area contributed by atoms with Crippen LogP contribution in [0.4, 0.5) is 5.69 Å². The van der Waals surface area contributed by atoms with Gasteiger partial charge in [-0.05, 0) is 38.5 Å². The molecule has 0 heterocycles. The second-order valence-electron chi connectivity index (χ2n) is 4.47. The maximum Gasteiger partial charge on any atom is 0.335 e. The summed E-state index contributed by atoms with van der Waals surface area (Å²) in [5, 5.41) is 0. The lowest BCUT2D eigenvalue weighted by Gasteiger charge is -2.24. The highest BCUT2D eigenvalue weighted by molar-refractivity contribution is 9.10. The summed E-state index contributed by atoms with van der Waals surface area (Å²) in [5.74, 6) is -0.528. The first-order valence-corrected chi connectivity index (χ1v) is 7.64. The number of benzene rings is 1. The van der Waals surface area contributed by atoms with Crippen molar-refractivity contribution in [3.8, 4) is 0 Å². The predicted molar refractivity (Wildman–Crippen MR) is 86.9 cm³/mol. The van der Waals surface area contributed by atoms with Crippen LogP contribution in [0.5, 0.6) is 0 Å². The van der Waals surface area contributed by atoms with E-state index in [-0.39, 0.29) is 11.9 Å². The molecule has 1 amide bonds. The molecular formula is C16H20BrNO3. The number of hydrogen-bond donors (Lipinski definition) is 0. The summed E-state index contributed by atoms with van der Waals surface area (Å²) in [4.78, 5) is 25.6. The van der Waals surface area contributed by atoms with Crippen LogP contribution < -0.4 is 4.90 Å². The Kier molecular flexibility index (Phi) is 6.62. The summed E-state index contributed by atoms with van der Waals surface area (Å²) < 4.78 is 5.93. The van der Waals surface area contributed by atoms with Crippen LogP contribution in [0.3, 0.4) is 0 Å². The van der Waals surface area contributed by atoms with Crippen molar-refractivity contribution < 1.29 is 14.3 Å². The van der Waals surface area contributed by atoms with Crippen LogP contribution in [-0.4, -0.2) is 18.5 Å². The quantitative estimate of drug-likeness (QED) is 0.592. The Balaban J connectivity index is 3.32. The SMILES string of the molecule is CCOC(=O)/C(CC)=C(/C)N(C(C)=O)c1cccc(Br)c1. The van der Waals surface area contributed by atoms with E-state index in [2.05, 4.69) is 15.9 Å². The van der Waals surface area contributed by atoms with Crippen molar-refractivity contribution in [2.45, 2.75) is 34.1 Å². The third-order valence-electron chi connectivity index (χ3n) is 3.03. The molecule has 0 bridgehead atoms. The van der Waals surface area contributed by atoms with Crippen molar-refractivity contribution in [2.75, 3.05) is 11.5 Å². The summed E-state index contributed by atoms with van der Waals surface area (Å²) >= 11 is 3.39. The molecule has 0 aliphatic carbocycles. The lowest BCUT2D eigenvalue weighted by atomic mass is 10.1. The van der Waals surface area contributed by atoms with Gasteiger partial charge < -0.3 is 4.74 Å². The minimum absolute atomic E-state index is 0.152. The minimum Gasteiger partial charge on any atom is -0.463 e. The first-order chi connectivity index (χ1) is 9.92. The highest BCUT2D eigenvalue weighted by Gasteiger charge is 2.21. The zero-order valence-electron chi connectivity index (χ0n) is 12.8. The molecule has 114 valence electrons. The fourth-order valence-corrected chi connectivity index (χ4v) is 2.52. The van der Waals surface area contributed by atoms with E-state index in [9.17, 15) is 9.59 Å². The normalized spacial score (nSPS) is 11.7. The molecule has 0 aliphatic heterocycles. The molecule has 5 heteroatoms. The van der Waals surface area contributed by atoms with E-state index >= 15 is 0 Å². The number of esters is 1. The topological polar surface area (TPSA) is 46.6 Å². The number of anilines is 1. The van der Waals surface area contributed by atoms with Crippen LogP contribution in [-0.2, 0) is 14.3 Å². The molecule has 0 saturated carbocycles. The van der Waals surface area contributed by atoms with E-state index in [1.54, 1.807) is 13.8 Å². The van der Waals surface area contributed by atoms with Gasteiger partial charge in [-0.25, -0.2) is 4.79 Å². The number of carbonyl (C=O) groups excluding carboxylic acids is 2. The van der Waals surface area contributed by atoms with Gasteiger partial charge in [-0.2, -0.15) is 0 Å². The number of rotatable bonds is 5. The number of nitrogens with zero attached hydrogens (tertiary/aromatic N) is 1. The molecule has 0 saturated heterocycles. The molecule has 0 unspecified atom stereocenters. The summed E-state index contributed by atoms with van der Waals surface area (Å²) in [6.07, 6.45) is 0.502. The first-order valence-electron chi connectivity index (χ1n) is 6.85. The molecule has 4 nitrogen and oxygen atoms in total. The van der Waals surface area contributed by atoms with Gasteiger partial charge in [-0.3, -0.25) is 9.69 Å². The fourth-order valence-electron chi connectivity index (χ4n) is 2.13. The summed E-state index contributed by atoms with van der Waals surface area (Å²) in [6.45, 7) is 7.18. The Bertz CT molecular complexity index is 566. The third-order valence-corrected chi connectivity index (χ3v) is 3.52. The van der Waals surface area contributed by atoms with Crippen molar-refractivity contribution in [1.82, 2.24) is 0 Å². The fraction of sp³-hybridized carbons (Fsp3) is 0.375. The standard InChI is InChI=1S/C16H20BrNO3/c1-5-15(16(20)21-6-2)11(3)18(12(4)19)14-9-7-8-13(17)10-14/h7-10H,5-6H2,1-4H3/b15-11-.